The van der Waals surface area contributed by atoms with Crippen molar-refractivity contribution in [3.63, 3.8) is 0 Å². The Bertz CT molecular complexity index is 438. The second-order valence-electron chi connectivity index (χ2n) is 5.22. The van der Waals surface area contributed by atoms with Gasteiger partial charge in [0.2, 0.25) is 0 Å². The number of rotatable bonds is 5. The van der Waals surface area contributed by atoms with Crippen LogP contribution in [0.25, 0.3) is 0 Å². The molecule has 0 aliphatic rings. The summed E-state index contributed by atoms with van der Waals surface area (Å²) in [5.74, 6) is -0.611. The summed E-state index contributed by atoms with van der Waals surface area (Å²) < 4.78 is 13.6. The van der Waals surface area contributed by atoms with E-state index in [-0.39, 0.29) is 11.6 Å². The van der Waals surface area contributed by atoms with E-state index in [9.17, 15) is 9.18 Å². The summed E-state index contributed by atoms with van der Waals surface area (Å²) in [7, 11) is 3.92. The lowest BCUT2D eigenvalue weighted by Gasteiger charge is -2.28. The molecule has 19 heavy (non-hydrogen) atoms. The molecule has 0 saturated heterocycles. The van der Waals surface area contributed by atoms with E-state index in [1.165, 1.54) is 12.1 Å². The second-order valence-corrected chi connectivity index (χ2v) is 5.22. The Morgan fingerprint density at radius 3 is 2.53 bits per heavy atom. The first kappa shape index (κ1) is 15.4. The Morgan fingerprint density at radius 2 is 2.05 bits per heavy atom. The summed E-state index contributed by atoms with van der Waals surface area (Å²) in [6, 6.07) is 4.28. The maximum atomic E-state index is 13.6. The molecule has 4 nitrogen and oxygen atoms in total. The Kier molecular flexibility index (Phi) is 5.30. The lowest BCUT2D eigenvalue weighted by molar-refractivity contribution is 0.0930. The molecule has 0 aromatic heterocycles. The van der Waals surface area contributed by atoms with E-state index in [2.05, 4.69) is 19.2 Å². The first-order valence-corrected chi connectivity index (χ1v) is 6.32. The van der Waals surface area contributed by atoms with E-state index in [1.807, 2.05) is 19.0 Å². The van der Waals surface area contributed by atoms with Crippen LogP contribution in [0.3, 0.4) is 0 Å². The van der Waals surface area contributed by atoms with Crippen LogP contribution in [0.1, 0.15) is 24.2 Å². The standard InChI is InChI=1S/C14H22FN3O/c1-9(2)13(18(3)4)8-17-14(19)11-6-5-10(16)7-12(11)15/h5-7,9,13H,8,16H2,1-4H3,(H,17,19). The molecular weight excluding hydrogens is 245 g/mol. The number of carbonyl (C=O) groups is 1. The number of benzene rings is 1. The third-order valence-corrected chi connectivity index (χ3v) is 3.14. The molecule has 0 fully saturated rings. The predicted octanol–water partition coefficient (Wildman–Crippen LogP) is 1.72. The Hall–Kier alpha value is -1.62. The van der Waals surface area contributed by atoms with Crippen LogP contribution in [-0.2, 0) is 0 Å². The van der Waals surface area contributed by atoms with Crippen molar-refractivity contribution >= 4 is 11.6 Å². The number of halogens is 1. The van der Waals surface area contributed by atoms with E-state index in [1.54, 1.807) is 0 Å². The smallest absolute Gasteiger partial charge is 0.254 e. The molecule has 1 aromatic rings. The highest BCUT2D eigenvalue weighted by molar-refractivity contribution is 5.94. The van der Waals surface area contributed by atoms with Crippen molar-refractivity contribution in [1.29, 1.82) is 0 Å². The number of amides is 1. The van der Waals surface area contributed by atoms with E-state index < -0.39 is 11.7 Å². The summed E-state index contributed by atoms with van der Waals surface area (Å²) in [5, 5.41) is 2.76. The van der Waals surface area contributed by atoms with Gasteiger partial charge in [0, 0.05) is 18.3 Å². The highest BCUT2D eigenvalue weighted by atomic mass is 19.1. The number of nitrogens with zero attached hydrogens (tertiary/aromatic N) is 1. The van der Waals surface area contributed by atoms with Crippen LogP contribution in [0.15, 0.2) is 18.2 Å². The van der Waals surface area contributed by atoms with Gasteiger partial charge < -0.3 is 16.0 Å². The van der Waals surface area contributed by atoms with Gasteiger partial charge in [-0.2, -0.15) is 0 Å². The normalized spacial score (nSPS) is 12.8. The topological polar surface area (TPSA) is 58.4 Å². The Balaban J connectivity index is 2.69. The molecular formula is C14H22FN3O. The molecule has 0 saturated carbocycles. The number of hydrogen-bond acceptors (Lipinski definition) is 3. The van der Waals surface area contributed by atoms with Gasteiger partial charge in [-0.15, -0.1) is 0 Å². The minimum Gasteiger partial charge on any atom is -0.399 e. The van der Waals surface area contributed by atoms with E-state index in [0.29, 0.717) is 18.2 Å². The molecule has 1 aromatic carbocycles. The van der Waals surface area contributed by atoms with Crippen LogP contribution in [0.4, 0.5) is 10.1 Å². The van der Waals surface area contributed by atoms with Gasteiger partial charge in [0.25, 0.3) is 5.91 Å². The number of anilines is 1. The zero-order valence-electron chi connectivity index (χ0n) is 11.9. The minimum atomic E-state index is -0.594. The maximum Gasteiger partial charge on any atom is 0.254 e. The molecule has 1 atom stereocenters. The predicted molar refractivity (Wildman–Crippen MR) is 75.5 cm³/mol. The number of nitrogens with one attached hydrogen (secondary N) is 1. The maximum absolute atomic E-state index is 13.6. The summed E-state index contributed by atoms with van der Waals surface area (Å²) in [6.45, 7) is 4.65. The number of likely N-dealkylation sites (N-methyl/N-ethyl adjacent to an activating group) is 1. The first-order valence-electron chi connectivity index (χ1n) is 6.32. The van der Waals surface area contributed by atoms with E-state index in [0.717, 1.165) is 6.07 Å². The molecule has 5 heteroatoms. The van der Waals surface area contributed by atoms with Gasteiger partial charge >= 0.3 is 0 Å². The van der Waals surface area contributed by atoms with Gasteiger partial charge in [0.1, 0.15) is 5.82 Å². The SMILES string of the molecule is CC(C)C(CNC(=O)c1ccc(N)cc1F)N(C)C. The molecule has 1 amide bonds. The number of nitrogen functional groups attached to an aromatic ring is 1. The van der Waals surface area contributed by atoms with Crippen molar-refractivity contribution in [3.8, 4) is 0 Å². The number of hydrogen-bond donors (Lipinski definition) is 2. The van der Waals surface area contributed by atoms with Crippen LogP contribution < -0.4 is 11.1 Å². The van der Waals surface area contributed by atoms with E-state index in [4.69, 9.17) is 5.73 Å². The fourth-order valence-corrected chi connectivity index (χ4v) is 2.02. The number of nitrogens with two attached hydrogens (primary N) is 1. The minimum absolute atomic E-state index is 0.0236. The Morgan fingerprint density at radius 1 is 1.42 bits per heavy atom. The first-order chi connectivity index (χ1) is 8.82. The summed E-state index contributed by atoms with van der Waals surface area (Å²) in [4.78, 5) is 14.0. The summed E-state index contributed by atoms with van der Waals surface area (Å²) in [5.41, 5.74) is 5.78. The third-order valence-electron chi connectivity index (χ3n) is 3.14. The van der Waals surface area contributed by atoms with Crippen LogP contribution >= 0.6 is 0 Å². The Labute approximate surface area is 113 Å². The van der Waals surface area contributed by atoms with Crippen molar-refractivity contribution in [2.75, 3.05) is 26.4 Å². The molecule has 0 heterocycles. The largest absolute Gasteiger partial charge is 0.399 e. The second kappa shape index (κ2) is 6.52. The van der Waals surface area contributed by atoms with Gasteiger partial charge in [-0.05, 0) is 38.2 Å². The number of carbonyl (C=O) groups excluding carboxylic acids is 1. The molecule has 106 valence electrons. The van der Waals surface area contributed by atoms with Crippen molar-refractivity contribution < 1.29 is 9.18 Å². The highest BCUT2D eigenvalue weighted by Crippen LogP contribution is 2.12. The molecule has 0 radical (unpaired) electrons. The molecule has 1 rings (SSSR count). The molecule has 0 aliphatic carbocycles. The molecule has 0 bridgehead atoms. The molecule has 0 aliphatic heterocycles. The van der Waals surface area contributed by atoms with Gasteiger partial charge in [0.15, 0.2) is 0 Å². The van der Waals surface area contributed by atoms with Gasteiger partial charge in [0.05, 0.1) is 5.56 Å². The van der Waals surface area contributed by atoms with E-state index >= 15 is 0 Å². The lowest BCUT2D eigenvalue weighted by atomic mass is 10.0. The fraction of sp³-hybridized carbons (Fsp3) is 0.500. The fourth-order valence-electron chi connectivity index (χ4n) is 2.02. The summed E-state index contributed by atoms with van der Waals surface area (Å²) in [6.07, 6.45) is 0. The van der Waals surface area contributed by atoms with Crippen LogP contribution in [-0.4, -0.2) is 37.5 Å². The van der Waals surface area contributed by atoms with Crippen LogP contribution in [0.5, 0.6) is 0 Å². The van der Waals surface area contributed by atoms with Crippen LogP contribution in [0.2, 0.25) is 0 Å². The summed E-state index contributed by atoms with van der Waals surface area (Å²) >= 11 is 0. The third kappa shape index (κ3) is 4.21. The van der Waals surface area contributed by atoms with Crippen molar-refractivity contribution in [3.05, 3.63) is 29.6 Å². The van der Waals surface area contributed by atoms with Gasteiger partial charge in [-0.3, -0.25) is 4.79 Å². The van der Waals surface area contributed by atoms with Gasteiger partial charge in [-0.25, -0.2) is 4.39 Å². The highest BCUT2D eigenvalue weighted by Gasteiger charge is 2.18. The molecule has 0 spiro atoms. The average Bonchev–Trinajstić information content (AvgIpc) is 2.27. The van der Waals surface area contributed by atoms with Crippen molar-refractivity contribution in [2.24, 2.45) is 5.92 Å². The van der Waals surface area contributed by atoms with Crippen LogP contribution in [0, 0.1) is 11.7 Å². The van der Waals surface area contributed by atoms with Crippen molar-refractivity contribution in [1.82, 2.24) is 10.2 Å². The van der Waals surface area contributed by atoms with Gasteiger partial charge in [-0.1, -0.05) is 13.8 Å². The zero-order chi connectivity index (χ0) is 14.6. The molecule has 3 N–H and O–H groups in total. The lowest BCUT2D eigenvalue weighted by Crippen LogP contribution is -2.43. The zero-order valence-corrected chi connectivity index (χ0v) is 11.9. The average molecular weight is 267 g/mol. The molecule has 1 unspecified atom stereocenters. The van der Waals surface area contributed by atoms with Crippen molar-refractivity contribution in [2.45, 2.75) is 19.9 Å². The monoisotopic (exact) mass is 267 g/mol. The quantitative estimate of drug-likeness (QED) is 0.799.